The van der Waals surface area contributed by atoms with Crippen LogP contribution in [0.5, 0.6) is 0 Å². The number of benzene rings is 1. The summed E-state index contributed by atoms with van der Waals surface area (Å²) in [5.74, 6) is 0.756. The number of nitrogens with one attached hydrogen (secondary N) is 3. The summed E-state index contributed by atoms with van der Waals surface area (Å²) in [5, 5.41) is 6.74. The lowest BCUT2D eigenvalue weighted by atomic mass is 10.1. The van der Waals surface area contributed by atoms with Gasteiger partial charge in [0.1, 0.15) is 0 Å². The van der Waals surface area contributed by atoms with Gasteiger partial charge in [0.2, 0.25) is 10.0 Å². The fourth-order valence-electron chi connectivity index (χ4n) is 3.28. The van der Waals surface area contributed by atoms with Gasteiger partial charge in [0.15, 0.2) is 5.96 Å². The minimum atomic E-state index is -3.49. The first kappa shape index (κ1) is 22.6. The highest BCUT2D eigenvalue weighted by Gasteiger charge is 2.19. The monoisotopic (exact) mass is 409 g/mol. The van der Waals surface area contributed by atoms with Crippen LogP contribution < -0.4 is 15.4 Å². The highest BCUT2D eigenvalue weighted by Crippen LogP contribution is 2.11. The average Bonchev–Trinajstić information content (AvgIpc) is 2.67. The Morgan fingerprint density at radius 2 is 1.86 bits per heavy atom. The molecule has 0 radical (unpaired) electrons. The highest BCUT2D eigenvalue weighted by molar-refractivity contribution is 7.89. The molecule has 3 N–H and O–H groups in total. The Labute approximate surface area is 170 Å². The van der Waals surface area contributed by atoms with Gasteiger partial charge in [0.25, 0.3) is 0 Å². The van der Waals surface area contributed by atoms with Crippen molar-refractivity contribution in [2.75, 3.05) is 39.3 Å². The van der Waals surface area contributed by atoms with Gasteiger partial charge in [-0.15, -0.1) is 0 Å². The van der Waals surface area contributed by atoms with E-state index in [2.05, 4.69) is 32.2 Å². The molecule has 1 saturated heterocycles. The third-order valence-corrected chi connectivity index (χ3v) is 6.29. The molecule has 0 aliphatic carbocycles. The van der Waals surface area contributed by atoms with Gasteiger partial charge in [-0.25, -0.2) is 13.1 Å². The molecular weight excluding hydrogens is 374 g/mol. The number of nitrogens with zero attached hydrogens (tertiary/aromatic N) is 2. The number of hydrogen-bond donors (Lipinski definition) is 3. The summed E-state index contributed by atoms with van der Waals surface area (Å²) in [6, 6.07) is 7.25. The normalized spacial score (nSPS) is 16.9. The maximum atomic E-state index is 12.3. The van der Waals surface area contributed by atoms with E-state index in [0.717, 1.165) is 44.0 Å². The topological polar surface area (TPSA) is 85.8 Å². The molecule has 0 amide bonds. The first-order valence-corrected chi connectivity index (χ1v) is 11.8. The fraction of sp³-hybridized carbons (Fsp3) is 0.650. The molecular formula is C20H35N5O2S. The van der Waals surface area contributed by atoms with Crippen molar-refractivity contribution in [1.29, 1.82) is 0 Å². The van der Waals surface area contributed by atoms with Crippen LogP contribution in [-0.4, -0.2) is 64.6 Å². The fourth-order valence-corrected chi connectivity index (χ4v) is 4.30. The Bertz CT molecular complexity index is 711. The van der Waals surface area contributed by atoms with E-state index < -0.39 is 10.0 Å². The van der Waals surface area contributed by atoms with Gasteiger partial charge in [-0.2, -0.15) is 0 Å². The van der Waals surface area contributed by atoms with Gasteiger partial charge < -0.3 is 15.5 Å². The molecule has 0 aromatic heterocycles. The van der Waals surface area contributed by atoms with E-state index in [0.29, 0.717) is 12.6 Å². The quantitative estimate of drug-likeness (QED) is 0.328. The number of rotatable bonds is 9. The number of sulfonamides is 1. The van der Waals surface area contributed by atoms with Crippen molar-refractivity contribution in [1.82, 2.24) is 20.3 Å². The molecule has 0 saturated carbocycles. The van der Waals surface area contributed by atoms with Crippen molar-refractivity contribution in [3.05, 3.63) is 29.8 Å². The van der Waals surface area contributed by atoms with Crippen molar-refractivity contribution in [3.8, 4) is 0 Å². The summed E-state index contributed by atoms with van der Waals surface area (Å²) in [6.07, 6.45) is 3.40. The van der Waals surface area contributed by atoms with Crippen LogP contribution in [0, 0.1) is 6.92 Å². The SMILES string of the molecule is CCCN1CCC(NC(=NCCNS(=O)(=O)c2ccc(C)cc2)NCC)CC1. The van der Waals surface area contributed by atoms with E-state index in [1.54, 1.807) is 24.3 Å². The Morgan fingerprint density at radius 1 is 1.18 bits per heavy atom. The zero-order chi connectivity index (χ0) is 20.4. The zero-order valence-corrected chi connectivity index (χ0v) is 18.2. The Hall–Kier alpha value is -1.64. The van der Waals surface area contributed by atoms with Crippen LogP contribution in [0.15, 0.2) is 34.2 Å². The second-order valence-corrected chi connectivity index (χ2v) is 9.00. The second kappa shape index (κ2) is 11.4. The number of likely N-dealkylation sites (tertiary alicyclic amines) is 1. The first-order chi connectivity index (χ1) is 13.4. The van der Waals surface area contributed by atoms with Gasteiger partial charge in [0.05, 0.1) is 11.4 Å². The van der Waals surface area contributed by atoms with Crippen molar-refractivity contribution in [3.63, 3.8) is 0 Å². The Morgan fingerprint density at radius 3 is 2.46 bits per heavy atom. The first-order valence-electron chi connectivity index (χ1n) is 10.3. The number of guanidine groups is 1. The van der Waals surface area contributed by atoms with Crippen molar-refractivity contribution >= 4 is 16.0 Å². The van der Waals surface area contributed by atoms with Crippen LogP contribution in [0.3, 0.4) is 0 Å². The summed E-state index contributed by atoms with van der Waals surface area (Å²) in [7, 11) is -3.49. The molecule has 0 spiro atoms. The van der Waals surface area contributed by atoms with Crippen LogP contribution in [0.4, 0.5) is 0 Å². The van der Waals surface area contributed by atoms with Gasteiger partial charge in [0, 0.05) is 32.2 Å². The van der Waals surface area contributed by atoms with E-state index in [1.807, 2.05) is 13.8 Å². The maximum Gasteiger partial charge on any atom is 0.240 e. The molecule has 0 unspecified atom stereocenters. The lowest BCUT2D eigenvalue weighted by Gasteiger charge is -2.32. The molecule has 1 aromatic rings. The molecule has 2 rings (SSSR count). The van der Waals surface area contributed by atoms with Gasteiger partial charge in [-0.3, -0.25) is 4.99 Å². The van der Waals surface area contributed by atoms with Crippen LogP contribution in [0.1, 0.15) is 38.7 Å². The second-order valence-electron chi connectivity index (χ2n) is 7.23. The van der Waals surface area contributed by atoms with E-state index in [9.17, 15) is 8.42 Å². The summed E-state index contributed by atoms with van der Waals surface area (Å²) >= 11 is 0. The summed E-state index contributed by atoms with van der Waals surface area (Å²) in [5.41, 5.74) is 1.03. The maximum absolute atomic E-state index is 12.3. The van der Waals surface area contributed by atoms with Crippen molar-refractivity contribution in [2.45, 2.75) is 51.0 Å². The average molecular weight is 410 g/mol. The molecule has 0 bridgehead atoms. The largest absolute Gasteiger partial charge is 0.357 e. The van der Waals surface area contributed by atoms with Crippen LogP contribution >= 0.6 is 0 Å². The Kier molecular flexibility index (Phi) is 9.21. The zero-order valence-electron chi connectivity index (χ0n) is 17.4. The number of hydrogen-bond acceptors (Lipinski definition) is 4. The van der Waals surface area contributed by atoms with E-state index in [4.69, 9.17) is 0 Å². The molecule has 0 atom stereocenters. The molecule has 1 heterocycles. The third kappa shape index (κ3) is 7.41. The predicted octanol–water partition coefficient (Wildman–Crippen LogP) is 1.70. The number of piperidine rings is 1. The van der Waals surface area contributed by atoms with Crippen LogP contribution in [0.25, 0.3) is 0 Å². The summed E-state index contributed by atoms with van der Waals surface area (Å²) in [4.78, 5) is 7.31. The summed E-state index contributed by atoms with van der Waals surface area (Å²) in [6.45, 7) is 11.0. The molecule has 28 heavy (non-hydrogen) atoms. The minimum absolute atomic E-state index is 0.266. The molecule has 1 aromatic carbocycles. The Balaban J connectivity index is 1.81. The van der Waals surface area contributed by atoms with Gasteiger partial charge >= 0.3 is 0 Å². The smallest absolute Gasteiger partial charge is 0.240 e. The van der Waals surface area contributed by atoms with E-state index >= 15 is 0 Å². The number of aryl methyl sites for hydroxylation is 1. The highest BCUT2D eigenvalue weighted by atomic mass is 32.2. The number of aliphatic imine (C=N–C) groups is 1. The minimum Gasteiger partial charge on any atom is -0.357 e. The van der Waals surface area contributed by atoms with E-state index in [-0.39, 0.29) is 11.4 Å². The molecule has 7 nitrogen and oxygen atoms in total. The van der Waals surface area contributed by atoms with Crippen molar-refractivity contribution in [2.24, 2.45) is 4.99 Å². The van der Waals surface area contributed by atoms with Crippen LogP contribution in [0.2, 0.25) is 0 Å². The third-order valence-electron chi connectivity index (χ3n) is 4.82. The predicted molar refractivity (Wildman–Crippen MR) is 115 cm³/mol. The lowest BCUT2D eigenvalue weighted by molar-refractivity contribution is 0.206. The van der Waals surface area contributed by atoms with Crippen LogP contribution in [-0.2, 0) is 10.0 Å². The van der Waals surface area contributed by atoms with E-state index in [1.165, 1.54) is 13.0 Å². The standard InChI is InChI=1S/C20H35N5O2S/c1-4-14-25-15-10-18(11-16-25)24-20(21-5-2)22-12-13-23-28(26,27)19-8-6-17(3)7-9-19/h6-9,18,23H,4-5,10-16H2,1-3H3,(H2,21,22,24). The lowest BCUT2D eigenvalue weighted by Crippen LogP contribution is -2.49. The molecule has 8 heteroatoms. The molecule has 158 valence electrons. The van der Waals surface area contributed by atoms with Gasteiger partial charge in [-0.1, -0.05) is 24.6 Å². The van der Waals surface area contributed by atoms with Gasteiger partial charge in [-0.05, 0) is 51.8 Å². The van der Waals surface area contributed by atoms with Crippen molar-refractivity contribution < 1.29 is 8.42 Å². The molecule has 1 aliphatic heterocycles. The molecule has 1 fully saturated rings. The molecule has 1 aliphatic rings. The summed E-state index contributed by atoms with van der Waals surface area (Å²) < 4.78 is 27.3.